The van der Waals surface area contributed by atoms with Gasteiger partial charge in [0.1, 0.15) is 5.78 Å². The molecule has 62 valence electrons. The lowest BCUT2D eigenvalue weighted by atomic mass is 10.1. The Bertz CT molecular complexity index is 181. The Kier molecular flexibility index (Phi) is 2.48. The van der Waals surface area contributed by atoms with Crippen LogP contribution in [-0.2, 0) is 4.79 Å². The highest BCUT2D eigenvalue weighted by Crippen LogP contribution is 2.39. The summed E-state index contributed by atoms with van der Waals surface area (Å²) in [6, 6.07) is 0. The quantitative estimate of drug-likeness (QED) is 0.566. The summed E-state index contributed by atoms with van der Waals surface area (Å²) < 4.78 is 0. The van der Waals surface area contributed by atoms with Crippen LogP contribution in [0.4, 0.5) is 0 Å². The molecule has 1 aliphatic carbocycles. The van der Waals surface area contributed by atoms with Gasteiger partial charge in [0.05, 0.1) is 0 Å². The smallest absolute Gasteiger partial charge is 0.136 e. The maximum Gasteiger partial charge on any atom is 0.136 e. The predicted octanol–water partition coefficient (Wildman–Crippen LogP) is 2.57. The van der Waals surface area contributed by atoms with E-state index in [9.17, 15) is 4.79 Å². The SMILES string of the molecule is C=C(C)CCC(=O)C1CC1C. The molecule has 2 atom stereocenters. The van der Waals surface area contributed by atoms with Gasteiger partial charge in [-0.25, -0.2) is 0 Å². The first kappa shape index (κ1) is 8.51. The third-order valence-corrected chi connectivity index (χ3v) is 2.32. The average Bonchev–Trinajstić information content (AvgIpc) is 2.61. The fourth-order valence-electron chi connectivity index (χ4n) is 1.29. The summed E-state index contributed by atoms with van der Waals surface area (Å²) in [5.41, 5.74) is 1.12. The number of hydrogen-bond donors (Lipinski definition) is 0. The van der Waals surface area contributed by atoms with Crippen LogP contribution in [0.15, 0.2) is 12.2 Å². The normalized spacial score (nSPS) is 28.2. The highest BCUT2D eigenvalue weighted by Gasteiger charge is 2.37. The molecule has 0 bridgehead atoms. The van der Waals surface area contributed by atoms with E-state index < -0.39 is 0 Å². The molecule has 1 rings (SSSR count). The largest absolute Gasteiger partial charge is 0.299 e. The molecule has 0 aromatic carbocycles. The zero-order valence-corrected chi connectivity index (χ0v) is 7.39. The highest BCUT2D eigenvalue weighted by molar-refractivity contribution is 5.83. The third-order valence-electron chi connectivity index (χ3n) is 2.32. The molecule has 0 heterocycles. The fourth-order valence-corrected chi connectivity index (χ4v) is 1.29. The van der Waals surface area contributed by atoms with Crippen molar-refractivity contribution in [3.8, 4) is 0 Å². The monoisotopic (exact) mass is 152 g/mol. The van der Waals surface area contributed by atoms with Crippen molar-refractivity contribution in [3.05, 3.63) is 12.2 Å². The van der Waals surface area contributed by atoms with E-state index >= 15 is 0 Å². The van der Waals surface area contributed by atoms with Gasteiger partial charge in [0.2, 0.25) is 0 Å². The molecular formula is C10H16O. The van der Waals surface area contributed by atoms with E-state index in [1.54, 1.807) is 0 Å². The van der Waals surface area contributed by atoms with Crippen molar-refractivity contribution in [2.45, 2.75) is 33.1 Å². The van der Waals surface area contributed by atoms with Crippen LogP contribution in [0.1, 0.15) is 33.1 Å². The molecule has 0 aromatic heterocycles. The molecule has 0 N–H and O–H groups in total. The van der Waals surface area contributed by atoms with Crippen molar-refractivity contribution in [3.63, 3.8) is 0 Å². The zero-order chi connectivity index (χ0) is 8.43. The minimum Gasteiger partial charge on any atom is -0.299 e. The highest BCUT2D eigenvalue weighted by atomic mass is 16.1. The Labute approximate surface area is 68.5 Å². The van der Waals surface area contributed by atoms with Crippen LogP contribution in [-0.4, -0.2) is 5.78 Å². The van der Waals surface area contributed by atoms with Crippen LogP contribution in [0.3, 0.4) is 0 Å². The summed E-state index contributed by atoms with van der Waals surface area (Å²) >= 11 is 0. The summed E-state index contributed by atoms with van der Waals surface area (Å²) in [5, 5.41) is 0. The molecule has 0 saturated heterocycles. The van der Waals surface area contributed by atoms with Crippen molar-refractivity contribution in [1.82, 2.24) is 0 Å². The van der Waals surface area contributed by atoms with Crippen molar-refractivity contribution in [2.75, 3.05) is 0 Å². The van der Waals surface area contributed by atoms with E-state index in [2.05, 4.69) is 13.5 Å². The summed E-state index contributed by atoms with van der Waals surface area (Å²) in [6.45, 7) is 7.89. The molecule has 1 nitrogen and oxygen atoms in total. The van der Waals surface area contributed by atoms with Crippen LogP contribution < -0.4 is 0 Å². The maximum absolute atomic E-state index is 11.3. The lowest BCUT2D eigenvalue weighted by Crippen LogP contribution is -2.01. The lowest BCUT2D eigenvalue weighted by molar-refractivity contribution is -0.120. The van der Waals surface area contributed by atoms with Crippen LogP contribution in [0.25, 0.3) is 0 Å². The van der Waals surface area contributed by atoms with Gasteiger partial charge < -0.3 is 0 Å². The van der Waals surface area contributed by atoms with Crippen molar-refractivity contribution < 1.29 is 4.79 Å². The number of carbonyl (C=O) groups excluding carboxylic acids is 1. The number of rotatable bonds is 4. The summed E-state index contributed by atoms with van der Waals surface area (Å²) in [7, 11) is 0. The molecule has 11 heavy (non-hydrogen) atoms. The second kappa shape index (κ2) is 3.21. The van der Waals surface area contributed by atoms with Gasteiger partial charge in [-0.05, 0) is 25.7 Å². The van der Waals surface area contributed by atoms with Gasteiger partial charge in [-0.1, -0.05) is 12.5 Å². The molecule has 1 fully saturated rings. The number of allylic oxidation sites excluding steroid dienone is 1. The third kappa shape index (κ3) is 2.49. The van der Waals surface area contributed by atoms with E-state index in [4.69, 9.17) is 0 Å². The first-order valence-electron chi connectivity index (χ1n) is 4.28. The topological polar surface area (TPSA) is 17.1 Å². The second-order valence-electron chi connectivity index (χ2n) is 3.74. The van der Waals surface area contributed by atoms with Crippen LogP contribution in [0.2, 0.25) is 0 Å². The molecule has 0 spiro atoms. The van der Waals surface area contributed by atoms with Crippen LogP contribution in [0.5, 0.6) is 0 Å². The van der Waals surface area contributed by atoms with Gasteiger partial charge in [-0.15, -0.1) is 6.58 Å². The molecule has 0 amide bonds. The van der Waals surface area contributed by atoms with E-state index in [0.29, 0.717) is 24.0 Å². The van der Waals surface area contributed by atoms with Crippen LogP contribution in [0, 0.1) is 11.8 Å². The zero-order valence-electron chi connectivity index (χ0n) is 7.39. The second-order valence-corrected chi connectivity index (χ2v) is 3.74. The molecule has 0 aliphatic heterocycles. The van der Waals surface area contributed by atoms with Gasteiger partial charge in [0, 0.05) is 12.3 Å². The van der Waals surface area contributed by atoms with Gasteiger partial charge in [-0.3, -0.25) is 4.79 Å². The van der Waals surface area contributed by atoms with Crippen LogP contribution >= 0.6 is 0 Å². The van der Waals surface area contributed by atoms with Crippen molar-refractivity contribution in [1.29, 1.82) is 0 Å². The van der Waals surface area contributed by atoms with Gasteiger partial charge in [-0.2, -0.15) is 0 Å². The number of carbonyl (C=O) groups is 1. The summed E-state index contributed by atoms with van der Waals surface area (Å²) in [5.74, 6) is 1.50. The van der Waals surface area contributed by atoms with E-state index in [1.165, 1.54) is 0 Å². The molecular weight excluding hydrogens is 136 g/mol. The number of ketones is 1. The summed E-state index contributed by atoms with van der Waals surface area (Å²) in [6.07, 6.45) is 2.71. The van der Waals surface area contributed by atoms with E-state index in [-0.39, 0.29) is 0 Å². The molecule has 2 unspecified atom stereocenters. The Balaban J connectivity index is 2.17. The van der Waals surface area contributed by atoms with Crippen molar-refractivity contribution in [2.24, 2.45) is 11.8 Å². The molecule has 1 aliphatic rings. The minimum atomic E-state index is 0.398. The maximum atomic E-state index is 11.3. The van der Waals surface area contributed by atoms with Gasteiger partial charge >= 0.3 is 0 Å². The first-order valence-corrected chi connectivity index (χ1v) is 4.28. The van der Waals surface area contributed by atoms with E-state index in [0.717, 1.165) is 18.4 Å². The Morgan fingerprint density at radius 1 is 1.55 bits per heavy atom. The predicted molar refractivity (Wildman–Crippen MR) is 46.3 cm³/mol. The van der Waals surface area contributed by atoms with E-state index in [1.807, 2.05) is 6.92 Å². The number of hydrogen-bond acceptors (Lipinski definition) is 1. The molecule has 0 radical (unpaired) electrons. The summed E-state index contributed by atoms with van der Waals surface area (Å²) in [4.78, 5) is 11.3. The van der Waals surface area contributed by atoms with Gasteiger partial charge in [0.25, 0.3) is 0 Å². The molecule has 0 aromatic rings. The first-order chi connectivity index (χ1) is 5.11. The Hall–Kier alpha value is -0.590. The van der Waals surface area contributed by atoms with Gasteiger partial charge in [0.15, 0.2) is 0 Å². The fraction of sp³-hybridized carbons (Fsp3) is 0.700. The average molecular weight is 152 g/mol. The minimum absolute atomic E-state index is 0.398. The Morgan fingerprint density at radius 3 is 2.45 bits per heavy atom. The lowest BCUT2D eigenvalue weighted by Gasteiger charge is -1.97. The molecule has 1 heteroatoms. The Morgan fingerprint density at radius 2 is 2.09 bits per heavy atom. The number of Topliss-reactive ketones (excluding diaryl/α,β-unsaturated/α-hetero) is 1. The molecule has 1 saturated carbocycles. The van der Waals surface area contributed by atoms with Crippen molar-refractivity contribution >= 4 is 5.78 Å². The standard InChI is InChI=1S/C10H16O/c1-7(2)4-5-10(11)9-6-8(9)3/h8-9H,1,4-6H2,2-3H3.